The van der Waals surface area contributed by atoms with Gasteiger partial charge in [-0.1, -0.05) is 50.2 Å². The van der Waals surface area contributed by atoms with E-state index in [9.17, 15) is 9.18 Å². The van der Waals surface area contributed by atoms with Crippen LogP contribution in [-0.4, -0.2) is 42.0 Å². The number of carbonyl (C=O) groups is 1. The largest absolute Gasteiger partial charge is 0.322 e. The predicted molar refractivity (Wildman–Crippen MR) is 100 cm³/mol. The van der Waals surface area contributed by atoms with E-state index in [-0.39, 0.29) is 11.8 Å². The molecular weight excluding hydrogens is 317 g/mol. The third kappa shape index (κ3) is 6.19. The fraction of sp³-hybridized carbons (Fsp3) is 0.350. The zero-order chi connectivity index (χ0) is 18.1. The highest BCUT2D eigenvalue weighted by Crippen LogP contribution is 2.12. The molecular formula is C20H26FN3O. The van der Waals surface area contributed by atoms with E-state index in [0.29, 0.717) is 18.8 Å². The SMILES string of the molecule is CCN(CC)CCN(Cc1ccccc1)C(=O)Nc1cccc(F)c1. The Kier molecular flexibility index (Phi) is 7.41. The maximum Gasteiger partial charge on any atom is 0.322 e. The second-order valence-corrected chi connectivity index (χ2v) is 5.87. The van der Waals surface area contributed by atoms with Crippen LogP contribution < -0.4 is 5.32 Å². The summed E-state index contributed by atoms with van der Waals surface area (Å²) in [5.41, 5.74) is 1.53. The molecule has 0 aromatic heterocycles. The molecule has 0 saturated heterocycles. The van der Waals surface area contributed by atoms with E-state index in [1.54, 1.807) is 17.0 Å². The minimum absolute atomic E-state index is 0.221. The number of amides is 2. The highest BCUT2D eigenvalue weighted by atomic mass is 19.1. The normalized spacial score (nSPS) is 10.7. The zero-order valence-corrected chi connectivity index (χ0v) is 14.9. The van der Waals surface area contributed by atoms with Gasteiger partial charge in [0, 0.05) is 25.3 Å². The number of nitrogens with one attached hydrogen (secondary N) is 1. The Morgan fingerprint density at radius 1 is 1.00 bits per heavy atom. The molecule has 0 bridgehead atoms. The van der Waals surface area contributed by atoms with Crippen LogP contribution in [0.25, 0.3) is 0 Å². The molecule has 4 nitrogen and oxygen atoms in total. The summed E-state index contributed by atoms with van der Waals surface area (Å²) < 4.78 is 13.3. The summed E-state index contributed by atoms with van der Waals surface area (Å²) in [6.07, 6.45) is 0. The first-order chi connectivity index (χ1) is 12.1. The van der Waals surface area contributed by atoms with Crippen molar-refractivity contribution in [2.45, 2.75) is 20.4 Å². The first kappa shape index (κ1) is 18.9. The van der Waals surface area contributed by atoms with Crippen LogP contribution in [0.4, 0.5) is 14.9 Å². The van der Waals surface area contributed by atoms with Crippen molar-refractivity contribution in [3.8, 4) is 0 Å². The Hall–Kier alpha value is -2.40. The summed E-state index contributed by atoms with van der Waals surface area (Å²) in [6.45, 7) is 8.04. The average Bonchev–Trinajstić information content (AvgIpc) is 2.62. The lowest BCUT2D eigenvalue weighted by Crippen LogP contribution is -2.40. The van der Waals surface area contributed by atoms with Gasteiger partial charge in [-0.15, -0.1) is 0 Å². The Morgan fingerprint density at radius 3 is 2.36 bits per heavy atom. The molecule has 0 saturated carbocycles. The highest BCUT2D eigenvalue weighted by Gasteiger charge is 2.15. The first-order valence-electron chi connectivity index (χ1n) is 8.70. The molecule has 0 aliphatic rings. The van der Waals surface area contributed by atoms with Crippen molar-refractivity contribution in [2.75, 3.05) is 31.5 Å². The Morgan fingerprint density at radius 2 is 1.72 bits per heavy atom. The van der Waals surface area contributed by atoms with Gasteiger partial charge in [0.1, 0.15) is 5.82 Å². The maximum absolute atomic E-state index is 13.3. The van der Waals surface area contributed by atoms with Gasteiger partial charge < -0.3 is 15.1 Å². The molecule has 134 valence electrons. The molecule has 0 aliphatic heterocycles. The second-order valence-electron chi connectivity index (χ2n) is 5.87. The van der Waals surface area contributed by atoms with Gasteiger partial charge in [-0.25, -0.2) is 9.18 Å². The van der Waals surface area contributed by atoms with Crippen LogP contribution in [0.1, 0.15) is 19.4 Å². The van der Waals surface area contributed by atoms with Crippen LogP contribution in [-0.2, 0) is 6.54 Å². The summed E-state index contributed by atoms with van der Waals surface area (Å²) >= 11 is 0. The quantitative estimate of drug-likeness (QED) is 0.780. The fourth-order valence-electron chi connectivity index (χ4n) is 2.63. The highest BCUT2D eigenvalue weighted by molar-refractivity contribution is 5.89. The minimum Gasteiger partial charge on any atom is -0.319 e. The molecule has 2 rings (SSSR count). The predicted octanol–water partition coefficient (Wildman–Crippen LogP) is 4.20. The number of hydrogen-bond donors (Lipinski definition) is 1. The van der Waals surface area contributed by atoms with Crippen LogP contribution in [0, 0.1) is 5.82 Å². The molecule has 0 aliphatic carbocycles. The van der Waals surface area contributed by atoms with Crippen LogP contribution in [0.2, 0.25) is 0 Å². The Bertz CT molecular complexity index is 659. The van der Waals surface area contributed by atoms with E-state index in [0.717, 1.165) is 25.2 Å². The molecule has 1 N–H and O–H groups in total. The summed E-state index contributed by atoms with van der Waals surface area (Å²) in [7, 11) is 0. The smallest absolute Gasteiger partial charge is 0.319 e. The van der Waals surface area contributed by atoms with Crippen LogP contribution >= 0.6 is 0 Å². The number of benzene rings is 2. The summed E-state index contributed by atoms with van der Waals surface area (Å²) in [5.74, 6) is -0.365. The summed E-state index contributed by atoms with van der Waals surface area (Å²) in [6, 6.07) is 15.6. The molecule has 0 radical (unpaired) electrons. The van der Waals surface area contributed by atoms with Crippen molar-refractivity contribution in [3.63, 3.8) is 0 Å². The van der Waals surface area contributed by atoms with E-state index in [1.807, 2.05) is 30.3 Å². The van der Waals surface area contributed by atoms with Crippen LogP contribution in [0.15, 0.2) is 54.6 Å². The van der Waals surface area contributed by atoms with Gasteiger partial charge in [-0.05, 0) is 36.9 Å². The third-order valence-electron chi connectivity index (χ3n) is 4.16. The van der Waals surface area contributed by atoms with Crippen molar-refractivity contribution in [1.29, 1.82) is 0 Å². The first-order valence-corrected chi connectivity index (χ1v) is 8.70. The molecule has 0 unspecified atom stereocenters. The number of hydrogen-bond acceptors (Lipinski definition) is 2. The van der Waals surface area contributed by atoms with Gasteiger partial charge in [0.2, 0.25) is 0 Å². The van der Waals surface area contributed by atoms with E-state index < -0.39 is 0 Å². The number of urea groups is 1. The number of anilines is 1. The van der Waals surface area contributed by atoms with Crippen molar-refractivity contribution in [1.82, 2.24) is 9.80 Å². The summed E-state index contributed by atoms with van der Waals surface area (Å²) in [4.78, 5) is 16.7. The molecule has 0 heterocycles. The fourth-order valence-corrected chi connectivity index (χ4v) is 2.63. The lowest BCUT2D eigenvalue weighted by Gasteiger charge is -2.27. The molecule has 0 atom stereocenters. The van der Waals surface area contributed by atoms with E-state index in [4.69, 9.17) is 0 Å². The number of rotatable bonds is 8. The topological polar surface area (TPSA) is 35.6 Å². The molecule has 0 fully saturated rings. The van der Waals surface area contributed by atoms with Gasteiger partial charge in [0.25, 0.3) is 0 Å². The van der Waals surface area contributed by atoms with Gasteiger partial charge in [-0.2, -0.15) is 0 Å². The molecule has 0 spiro atoms. The molecule has 25 heavy (non-hydrogen) atoms. The molecule has 2 aromatic rings. The summed E-state index contributed by atoms with van der Waals surface area (Å²) in [5, 5.41) is 2.79. The van der Waals surface area contributed by atoms with Gasteiger partial charge in [-0.3, -0.25) is 0 Å². The molecule has 2 amide bonds. The van der Waals surface area contributed by atoms with E-state index in [2.05, 4.69) is 24.1 Å². The van der Waals surface area contributed by atoms with Gasteiger partial charge >= 0.3 is 6.03 Å². The van der Waals surface area contributed by atoms with Crippen molar-refractivity contribution in [3.05, 3.63) is 66.0 Å². The lowest BCUT2D eigenvalue weighted by molar-refractivity contribution is 0.194. The van der Waals surface area contributed by atoms with Crippen LogP contribution in [0.5, 0.6) is 0 Å². The number of carbonyl (C=O) groups excluding carboxylic acids is 1. The zero-order valence-electron chi connectivity index (χ0n) is 14.9. The average molecular weight is 343 g/mol. The minimum atomic E-state index is -0.365. The number of halogens is 1. The van der Waals surface area contributed by atoms with Crippen molar-refractivity contribution < 1.29 is 9.18 Å². The lowest BCUT2D eigenvalue weighted by atomic mass is 10.2. The number of likely N-dealkylation sites (N-methyl/N-ethyl adjacent to an activating group) is 1. The second kappa shape index (κ2) is 9.79. The van der Waals surface area contributed by atoms with Gasteiger partial charge in [0.05, 0.1) is 0 Å². The van der Waals surface area contributed by atoms with Crippen LogP contribution in [0.3, 0.4) is 0 Å². The van der Waals surface area contributed by atoms with Gasteiger partial charge in [0.15, 0.2) is 0 Å². The molecule has 2 aromatic carbocycles. The molecule has 5 heteroatoms. The van der Waals surface area contributed by atoms with E-state index in [1.165, 1.54) is 12.1 Å². The Balaban J connectivity index is 2.07. The Labute approximate surface area is 149 Å². The monoisotopic (exact) mass is 343 g/mol. The standard InChI is InChI=1S/C20H26FN3O/c1-3-23(4-2)13-14-24(16-17-9-6-5-7-10-17)20(25)22-19-12-8-11-18(21)15-19/h5-12,15H,3-4,13-14,16H2,1-2H3,(H,22,25). The van der Waals surface area contributed by atoms with E-state index >= 15 is 0 Å². The van der Waals surface area contributed by atoms with Crippen molar-refractivity contribution >= 4 is 11.7 Å². The number of nitrogens with zero attached hydrogens (tertiary/aromatic N) is 2. The van der Waals surface area contributed by atoms with Crippen molar-refractivity contribution in [2.24, 2.45) is 0 Å². The third-order valence-corrected chi connectivity index (χ3v) is 4.16. The maximum atomic E-state index is 13.3.